The summed E-state index contributed by atoms with van der Waals surface area (Å²) in [6.07, 6.45) is 6.74. The highest BCUT2D eigenvalue weighted by molar-refractivity contribution is 5.13. The first-order valence-electron chi connectivity index (χ1n) is 9.42. The minimum absolute atomic E-state index is 0.00149. The minimum Gasteiger partial charge on any atom is -0.444 e. The Morgan fingerprint density at radius 1 is 1.20 bits per heavy atom. The van der Waals surface area contributed by atoms with E-state index in [0.717, 1.165) is 69.2 Å². The number of hydrogen-bond acceptors (Lipinski definition) is 5. The maximum absolute atomic E-state index is 11.9. The van der Waals surface area contributed by atoms with Crippen molar-refractivity contribution in [3.63, 3.8) is 0 Å². The predicted molar refractivity (Wildman–Crippen MR) is 94.4 cm³/mol. The van der Waals surface area contributed by atoms with Crippen molar-refractivity contribution in [3.8, 4) is 0 Å². The fourth-order valence-corrected chi connectivity index (χ4v) is 3.92. The Morgan fingerprint density at radius 3 is 2.80 bits per heavy atom. The molecule has 25 heavy (non-hydrogen) atoms. The lowest BCUT2D eigenvalue weighted by molar-refractivity contribution is 0.151. The highest BCUT2D eigenvalue weighted by Crippen LogP contribution is 2.24. The number of aromatic nitrogens is 3. The third-order valence-electron chi connectivity index (χ3n) is 5.39. The van der Waals surface area contributed by atoms with Crippen LogP contribution in [0.5, 0.6) is 0 Å². The molecule has 0 amide bonds. The van der Waals surface area contributed by atoms with Crippen LogP contribution in [0.15, 0.2) is 21.3 Å². The third kappa shape index (κ3) is 3.84. The van der Waals surface area contributed by atoms with Crippen molar-refractivity contribution in [2.75, 3.05) is 13.1 Å². The van der Waals surface area contributed by atoms with E-state index in [2.05, 4.69) is 15.0 Å². The van der Waals surface area contributed by atoms with Gasteiger partial charge >= 0.3 is 0 Å². The van der Waals surface area contributed by atoms with Crippen molar-refractivity contribution >= 4 is 0 Å². The third-order valence-corrected chi connectivity index (χ3v) is 5.39. The number of rotatable bonds is 4. The Kier molecular flexibility index (Phi) is 4.70. The van der Waals surface area contributed by atoms with E-state index in [1.807, 2.05) is 6.92 Å². The first-order chi connectivity index (χ1) is 12.2. The molecule has 2 aromatic rings. The Bertz CT molecular complexity index is 763. The van der Waals surface area contributed by atoms with E-state index in [0.29, 0.717) is 5.92 Å². The van der Waals surface area contributed by atoms with Gasteiger partial charge in [0.15, 0.2) is 0 Å². The maximum Gasteiger partial charge on any atom is 0.266 e. The van der Waals surface area contributed by atoms with Gasteiger partial charge in [-0.2, -0.15) is 5.10 Å². The van der Waals surface area contributed by atoms with Crippen LogP contribution in [0.25, 0.3) is 0 Å². The molecular weight excluding hydrogens is 316 g/mol. The highest BCUT2D eigenvalue weighted by Gasteiger charge is 2.23. The summed E-state index contributed by atoms with van der Waals surface area (Å²) in [6.45, 7) is 5.51. The zero-order valence-corrected chi connectivity index (χ0v) is 14.9. The van der Waals surface area contributed by atoms with Crippen molar-refractivity contribution in [1.29, 1.82) is 0 Å². The molecule has 0 spiro atoms. The second kappa shape index (κ2) is 7.12. The van der Waals surface area contributed by atoms with Crippen LogP contribution in [0, 0.1) is 12.8 Å². The van der Waals surface area contributed by atoms with E-state index in [1.54, 1.807) is 16.8 Å². The summed E-state index contributed by atoms with van der Waals surface area (Å²) in [6, 6.07) is 3.39. The van der Waals surface area contributed by atoms with Crippen molar-refractivity contribution in [1.82, 2.24) is 19.7 Å². The van der Waals surface area contributed by atoms with Gasteiger partial charge in [0.25, 0.3) is 5.56 Å². The zero-order valence-electron chi connectivity index (χ0n) is 14.9. The van der Waals surface area contributed by atoms with E-state index in [9.17, 15) is 4.79 Å². The molecule has 6 nitrogen and oxygen atoms in total. The van der Waals surface area contributed by atoms with E-state index in [-0.39, 0.29) is 5.56 Å². The molecule has 3 heterocycles. The molecule has 0 N–H and O–H groups in total. The molecule has 1 fully saturated rings. The average molecular weight is 342 g/mol. The number of oxazole rings is 1. The molecule has 0 bridgehead atoms. The Labute approximate surface area is 147 Å². The number of aryl methyl sites for hydroxylation is 3. The molecule has 1 aliphatic carbocycles. The predicted octanol–water partition coefficient (Wildman–Crippen LogP) is 2.33. The first kappa shape index (κ1) is 16.5. The molecule has 0 aromatic carbocycles. The summed E-state index contributed by atoms with van der Waals surface area (Å²) in [4.78, 5) is 19.0. The Balaban J connectivity index is 1.31. The van der Waals surface area contributed by atoms with Crippen LogP contribution in [-0.2, 0) is 25.9 Å². The van der Waals surface area contributed by atoms with Gasteiger partial charge in [-0.15, -0.1) is 0 Å². The van der Waals surface area contributed by atoms with Gasteiger partial charge in [-0.05, 0) is 64.1 Å². The van der Waals surface area contributed by atoms with E-state index in [4.69, 9.17) is 4.42 Å². The average Bonchev–Trinajstić information content (AvgIpc) is 3.02. The monoisotopic (exact) mass is 342 g/mol. The van der Waals surface area contributed by atoms with Gasteiger partial charge in [0.05, 0.1) is 17.9 Å². The van der Waals surface area contributed by atoms with E-state index in [1.165, 1.54) is 18.5 Å². The van der Waals surface area contributed by atoms with Crippen LogP contribution in [-0.4, -0.2) is 32.8 Å². The maximum atomic E-state index is 11.9. The van der Waals surface area contributed by atoms with Crippen LogP contribution in [0.2, 0.25) is 0 Å². The Morgan fingerprint density at radius 2 is 2.00 bits per heavy atom. The number of likely N-dealkylation sites (tertiary alicyclic amines) is 1. The highest BCUT2D eigenvalue weighted by atomic mass is 16.4. The van der Waals surface area contributed by atoms with Crippen molar-refractivity contribution in [2.45, 2.75) is 58.5 Å². The largest absolute Gasteiger partial charge is 0.444 e. The van der Waals surface area contributed by atoms with Gasteiger partial charge in [0, 0.05) is 19.0 Å². The van der Waals surface area contributed by atoms with Crippen molar-refractivity contribution in [3.05, 3.63) is 45.5 Å². The molecule has 134 valence electrons. The smallest absolute Gasteiger partial charge is 0.266 e. The van der Waals surface area contributed by atoms with Crippen LogP contribution in [0.4, 0.5) is 0 Å². The molecule has 0 unspecified atom stereocenters. The van der Waals surface area contributed by atoms with Gasteiger partial charge in [0.1, 0.15) is 5.76 Å². The lowest BCUT2D eigenvalue weighted by atomic mass is 9.97. The summed E-state index contributed by atoms with van der Waals surface area (Å²) in [7, 11) is 0. The van der Waals surface area contributed by atoms with Gasteiger partial charge < -0.3 is 4.42 Å². The minimum atomic E-state index is -0.00149. The number of hydrogen-bond donors (Lipinski definition) is 0. The summed E-state index contributed by atoms with van der Waals surface area (Å²) < 4.78 is 7.57. The molecule has 0 atom stereocenters. The fraction of sp³-hybridized carbons (Fsp3) is 0.632. The summed E-state index contributed by atoms with van der Waals surface area (Å²) >= 11 is 0. The van der Waals surface area contributed by atoms with Crippen molar-refractivity contribution < 1.29 is 4.42 Å². The quantitative estimate of drug-likeness (QED) is 0.853. The van der Waals surface area contributed by atoms with Crippen LogP contribution in [0.3, 0.4) is 0 Å². The SMILES string of the molecule is Cc1ccc(=O)n(CC2CCN(Cc3nc4c(o3)CCCC4)CC2)n1. The molecule has 2 aromatic heterocycles. The summed E-state index contributed by atoms with van der Waals surface area (Å²) in [5, 5.41) is 4.36. The second-order valence-corrected chi connectivity index (χ2v) is 7.40. The molecule has 0 saturated carbocycles. The molecule has 1 saturated heterocycles. The number of fused-ring (bicyclic) bond motifs is 1. The van der Waals surface area contributed by atoms with E-state index >= 15 is 0 Å². The molecule has 4 rings (SSSR count). The van der Waals surface area contributed by atoms with Gasteiger partial charge in [0.2, 0.25) is 5.89 Å². The van der Waals surface area contributed by atoms with Crippen molar-refractivity contribution in [2.24, 2.45) is 5.92 Å². The fourth-order valence-electron chi connectivity index (χ4n) is 3.92. The van der Waals surface area contributed by atoms with Gasteiger partial charge in [-0.25, -0.2) is 9.67 Å². The van der Waals surface area contributed by atoms with Gasteiger partial charge in [-0.1, -0.05) is 0 Å². The summed E-state index contributed by atoms with van der Waals surface area (Å²) in [5.41, 5.74) is 2.07. The standard InChI is InChI=1S/C19H26N4O2/c1-14-6-7-19(24)23(21-14)12-15-8-10-22(11-9-15)13-18-20-16-4-2-3-5-17(16)25-18/h6-7,15H,2-5,8-13H2,1H3. The molecule has 6 heteroatoms. The van der Waals surface area contributed by atoms with Crippen LogP contribution < -0.4 is 5.56 Å². The molecular formula is C19H26N4O2. The molecule has 2 aliphatic rings. The normalized spacial score (nSPS) is 19.1. The van der Waals surface area contributed by atoms with Crippen LogP contribution in [0.1, 0.15) is 48.7 Å². The first-order valence-corrected chi connectivity index (χ1v) is 9.42. The number of piperidine rings is 1. The lowest BCUT2D eigenvalue weighted by Crippen LogP contribution is -2.36. The number of nitrogens with zero attached hydrogens (tertiary/aromatic N) is 4. The molecule has 0 radical (unpaired) electrons. The van der Waals surface area contributed by atoms with E-state index < -0.39 is 0 Å². The van der Waals surface area contributed by atoms with Crippen LogP contribution >= 0.6 is 0 Å². The molecule has 1 aliphatic heterocycles. The second-order valence-electron chi connectivity index (χ2n) is 7.40. The summed E-state index contributed by atoms with van der Waals surface area (Å²) in [5.74, 6) is 2.50. The van der Waals surface area contributed by atoms with Gasteiger partial charge in [-0.3, -0.25) is 9.69 Å². The Hall–Kier alpha value is -1.95. The topological polar surface area (TPSA) is 64.2 Å². The zero-order chi connectivity index (χ0) is 17.2. The lowest BCUT2D eigenvalue weighted by Gasteiger charge is -2.31.